The molecule has 6 heteroatoms. The Bertz CT molecular complexity index is 252. The molecule has 0 saturated heterocycles. The molecule has 0 atom stereocenters. The van der Waals surface area contributed by atoms with Crippen LogP contribution in [-0.4, -0.2) is 36.7 Å². The molecule has 0 rings (SSSR count). The van der Waals surface area contributed by atoms with Gasteiger partial charge in [-0.25, -0.2) is 0 Å². The van der Waals surface area contributed by atoms with Crippen molar-refractivity contribution in [1.29, 1.82) is 0 Å². The van der Waals surface area contributed by atoms with E-state index in [-0.39, 0.29) is 11.7 Å². The van der Waals surface area contributed by atoms with Crippen molar-refractivity contribution in [3.63, 3.8) is 0 Å². The quantitative estimate of drug-likeness (QED) is 0.193. The van der Waals surface area contributed by atoms with Gasteiger partial charge >= 0.3 is 0 Å². The first kappa shape index (κ1) is 14.7. The maximum absolute atomic E-state index is 11.3. The van der Waals surface area contributed by atoms with Gasteiger partial charge in [0.15, 0.2) is 0 Å². The predicted molar refractivity (Wildman–Crippen MR) is 61.3 cm³/mol. The highest BCUT2D eigenvalue weighted by molar-refractivity contribution is 5.86. The van der Waals surface area contributed by atoms with Crippen molar-refractivity contribution in [1.82, 2.24) is 5.32 Å². The number of rotatable bonds is 7. The van der Waals surface area contributed by atoms with Crippen LogP contribution in [0, 0.1) is 5.41 Å². The lowest BCUT2D eigenvalue weighted by atomic mass is 9.92. The van der Waals surface area contributed by atoms with E-state index in [1.807, 2.05) is 6.92 Å². The van der Waals surface area contributed by atoms with Crippen LogP contribution in [0.25, 0.3) is 0 Å². The van der Waals surface area contributed by atoms with Crippen molar-refractivity contribution in [3.05, 3.63) is 0 Å². The van der Waals surface area contributed by atoms with Gasteiger partial charge in [0.2, 0.25) is 5.91 Å². The van der Waals surface area contributed by atoms with Gasteiger partial charge in [-0.2, -0.15) is 0 Å². The number of nitrogens with zero attached hydrogens (tertiary/aromatic N) is 1. The fraction of sp³-hybridized carbons (Fsp3) is 0.800. The molecule has 1 amide bonds. The van der Waals surface area contributed by atoms with Gasteiger partial charge < -0.3 is 21.0 Å². The monoisotopic (exact) mass is 231 g/mol. The Balaban J connectivity index is 3.91. The molecular formula is C10H21N3O3. The van der Waals surface area contributed by atoms with E-state index in [9.17, 15) is 4.79 Å². The van der Waals surface area contributed by atoms with Crippen LogP contribution in [0.15, 0.2) is 5.16 Å². The highest BCUT2D eigenvalue weighted by Crippen LogP contribution is 2.13. The molecule has 0 aliphatic rings. The van der Waals surface area contributed by atoms with Gasteiger partial charge in [-0.3, -0.25) is 4.79 Å². The normalized spacial score (nSPS) is 12.6. The minimum Gasteiger partial charge on any atom is -0.409 e. The second-order valence-corrected chi connectivity index (χ2v) is 4.09. The third kappa shape index (κ3) is 5.55. The Morgan fingerprint density at radius 3 is 2.69 bits per heavy atom. The number of hydrogen-bond donors (Lipinski definition) is 3. The predicted octanol–water partition coefficient (Wildman–Crippen LogP) is 0.302. The third-order valence-corrected chi connectivity index (χ3v) is 2.21. The zero-order valence-electron chi connectivity index (χ0n) is 10.1. The summed E-state index contributed by atoms with van der Waals surface area (Å²) >= 11 is 0. The molecule has 0 aromatic heterocycles. The molecule has 0 bridgehead atoms. The van der Waals surface area contributed by atoms with Crippen LogP contribution in [0.3, 0.4) is 0 Å². The molecule has 16 heavy (non-hydrogen) atoms. The molecule has 0 radical (unpaired) electrons. The maximum Gasteiger partial charge on any atom is 0.222 e. The van der Waals surface area contributed by atoms with Gasteiger partial charge in [-0.05, 0) is 6.92 Å². The van der Waals surface area contributed by atoms with Gasteiger partial charge in [-0.15, -0.1) is 0 Å². The summed E-state index contributed by atoms with van der Waals surface area (Å²) in [6.07, 6.45) is 0.320. The molecule has 0 saturated carbocycles. The molecule has 0 unspecified atom stereocenters. The summed E-state index contributed by atoms with van der Waals surface area (Å²) in [6.45, 7) is 6.78. The van der Waals surface area contributed by atoms with Crippen molar-refractivity contribution >= 4 is 11.7 Å². The average Bonchev–Trinajstić information content (AvgIpc) is 2.25. The van der Waals surface area contributed by atoms with E-state index in [1.54, 1.807) is 13.8 Å². The van der Waals surface area contributed by atoms with Crippen LogP contribution in [0.2, 0.25) is 0 Å². The Hall–Kier alpha value is -1.30. The molecule has 0 aromatic carbocycles. The van der Waals surface area contributed by atoms with Crippen LogP contribution in [-0.2, 0) is 9.53 Å². The molecule has 0 heterocycles. The minimum atomic E-state index is -0.560. The first-order chi connectivity index (χ1) is 7.44. The number of carbonyl (C=O) groups is 1. The van der Waals surface area contributed by atoms with Crippen LogP contribution >= 0.6 is 0 Å². The zero-order chi connectivity index (χ0) is 12.6. The summed E-state index contributed by atoms with van der Waals surface area (Å²) in [6, 6.07) is 0. The SMILES string of the molecule is CCOCCC(=O)NCC(C)(C)C(N)=NO. The van der Waals surface area contributed by atoms with E-state index in [0.29, 0.717) is 26.2 Å². The van der Waals surface area contributed by atoms with E-state index >= 15 is 0 Å². The second-order valence-electron chi connectivity index (χ2n) is 4.09. The molecule has 4 N–H and O–H groups in total. The van der Waals surface area contributed by atoms with Gasteiger partial charge in [0, 0.05) is 25.0 Å². The number of nitrogens with one attached hydrogen (secondary N) is 1. The van der Waals surface area contributed by atoms with Gasteiger partial charge in [-0.1, -0.05) is 19.0 Å². The summed E-state index contributed by atoms with van der Waals surface area (Å²) in [5.74, 6) is -0.00938. The van der Waals surface area contributed by atoms with E-state index in [4.69, 9.17) is 15.7 Å². The van der Waals surface area contributed by atoms with E-state index in [1.165, 1.54) is 0 Å². The molecule has 0 aliphatic carbocycles. The van der Waals surface area contributed by atoms with Crippen molar-refractivity contribution < 1.29 is 14.7 Å². The number of nitrogens with two attached hydrogens (primary N) is 1. The Morgan fingerprint density at radius 1 is 1.56 bits per heavy atom. The van der Waals surface area contributed by atoms with Crippen molar-refractivity contribution in [2.24, 2.45) is 16.3 Å². The Labute approximate surface area is 95.8 Å². The summed E-state index contributed by atoms with van der Waals surface area (Å²) in [7, 11) is 0. The Kier molecular flexibility index (Phi) is 6.48. The van der Waals surface area contributed by atoms with Crippen molar-refractivity contribution in [2.75, 3.05) is 19.8 Å². The third-order valence-electron chi connectivity index (χ3n) is 2.21. The zero-order valence-corrected chi connectivity index (χ0v) is 10.1. The van der Waals surface area contributed by atoms with Crippen LogP contribution in [0.5, 0.6) is 0 Å². The van der Waals surface area contributed by atoms with E-state index in [0.717, 1.165) is 0 Å². The van der Waals surface area contributed by atoms with Gasteiger partial charge in [0.25, 0.3) is 0 Å². The summed E-state index contributed by atoms with van der Waals surface area (Å²) in [5.41, 5.74) is 4.92. The summed E-state index contributed by atoms with van der Waals surface area (Å²) in [5, 5.41) is 14.2. The topological polar surface area (TPSA) is 96.9 Å². The molecule has 6 nitrogen and oxygen atoms in total. The lowest BCUT2D eigenvalue weighted by Gasteiger charge is -2.23. The van der Waals surface area contributed by atoms with Gasteiger partial charge in [0.1, 0.15) is 5.84 Å². The van der Waals surface area contributed by atoms with Crippen LogP contribution in [0.1, 0.15) is 27.2 Å². The van der Waals surface area contributed by atoms with Crippen molar-refractivity contribution in [3.8, 4) is 0 Å². The van der Waals surface area contributed by atoms with Crippen molar-refractivity contribution in [2.45, 2.75) is 27.2 Å². The maximum atomic E-state index is 11.3. The molecule has 0 spiro atoms. The number of amidine groups is 1. The van der Waals surface area contributed by atoms with E-state index in [2.05, 4.69) is 10.5 Å². The average molecular weight is 231 g/mol. The first-order valence-corrected chi connectivity index (χ1v) is 5.26. The number of ether oxygens (including phenoxy) is 1. The smallest absolute Gasteiger partial charge is 0.222 e. The molecule has 94 valence electrons. The Morgan fingerprint density at radius 2 is 2.19 bits per heavy atom. The van der Waals surface area contributed by atoms with Gasteiger partial charge in [0.05, 0.1) is 6.61 Å². The lowest BCUT2D eigenvalue weighted by Crippen LogP contribution is -2.42. The highest BCUT2D eigenvalue weighted by atomic mass is 16.5. The number of hydrogen-bond acceptors (Lipinski definition) is 4. The summed E-state index contributed by atoms with van der Waals surface area (Å²) < 4.78 is 5.06. The first-order valence-electron chi connectivity index (χ1n) is 5.26. The largest absolute Gasteiger partial charge is 0.409 e. The standard InChI is InChI=1S/C10H21N3O3/c1-4-16-6-5-8(14)12-7-10(2,3)9(11)13-15/h15H,4-7H2,1-3H3,(H2,11,13)(H,12,14). The second kappa shape index (κ2) is 7.05. The molecule has 0 fully saturated rings. The molecular weight excluding hydrogens is 210 g/mol. The van der Waals surface area contributed by atoms with Crippen LogP contribution < -0.4 is 11.1 Å². The fourth-order valence-corrected chi connectivity index (χ4v) is 0.943. The van der Waals surface area contributed by atoms with Crippen LogP contribution in [0.4, 0.5) is 0 Å². The minimum absolute atomic E-state index is 0.0950. The number of oxime groups is 1. The summed E-state index contributed by atoms with van der Waals surface area (Å²) in [4.78, 5) is 11.3. The highest BCUT2D eigenvalue weighted by Gasteiger charge is 2.24. The molecule has 0 aromatic rings. The number of carbonyl (C=O) groups excluding carboxylic acids is 1. The fourth-order valence-electron chi connectivity index (χ4n) is 0.943. The lowest BCUT2D eigenvalue weighted by molar-refractivity contribution is -0.122. The van der Waals surface area contributed by atoms with E-state index < -0.39 is 5.41 Å². The molecule has 0 aliphatic heterocycles. The number of amides is 1.